The van der Waals surface area contributed by atoms with Gasteiger partial charge in [-0.1, -0.05) is 0 Å². The number of fused-ring (bicyclic) bond motifs is 1. The SMILES string of the molecule is Cc1cc(F)c(Br)cc1Nc1ccc(N)c2ncccc12. The molecule has 2 aromatic carbocycles. The highest BCUT2D eigenvalue weighted by Gasteiger charge is 2.09. The van der Waals surface area contributed by atoms with Crippen LogP contribution in [0.4, 0.5) is 21.5 Å². The predicted octanol–water partition coefficient (Wildman–Crippen LogP) is 4.77. The Hall–Kier alpha value is -2.14. The van der Waals surface area contributed by atoms with Crippen LogP contribution < -0.4 is 11.1 Å². The molecule has 1 heterocycles. The fraction of sp³-hybridized carbons (Fsp3) is 0.0625. The number of halogens is 2. The summed E-state index contributed by atoms with van der Waals surface area (Å²) < 4.78 is 13.9. The molecule has 21 heavy (non-hydrogen) atoms. The van der Waals surface area contributed by atoms with E-state index in [1.54, 1.807) is 12.3 Å². The summed E-state index contributed by atoms with van der Waals surface area (Å²) in [5.74, 6) is -0.276. The summed E-state index contributed by atoms with van der Waals surface area (Å²) in [6.07, 6.45) is 1.71. The van der Waals surface area contributed by atoms with Crippen molar-refractivity contribution in [3.05, 3.63) is 58.4 Å². The Morgan fingerprint density at radius 1 is 1.19 bits per heavy atom. The number of nitrogens with two attached hydrogens (primary N) is 1. The van der Waals surface area contributed by atoms with Gasteiger partial charge in [-0.05, 0) is 64.8 Å². The fourth-order valence-electron chi connectivity index (χ4n) is 2.23. The highest BCUT2D eigenvalue weighted by atomic mass is 79.9. The molecular formula is C16H13BrFN3. The van der Waals surface area contributed by atoms with Crippen molar-refractivity contribution < 1.29 is 4.39 Å². The minimum Gasteiger partial charge on any atom is -0.397 e. The molecule has 0 aliphatic heterocycles. The van der Waals surface area contributed by atoms with Crippen molar-refractivity contribution in [1.29, 1.82) is 0 Å². The lowest BCUT2D eigenvalue weighted by Crippen LogP contribution is -1.98. The van der Waals surface area contributed by atoms with E-state index < -0.39 is 0 Å². The van der Waals surface area contributed by atoms with E-state index in [1.807, 2.05) is 31.2 Å². The number of hydrogen-bond donors (Lipinski definition) is 2. The number of aromatic nitrogens is 1. The summed E-state index contributed by atoms with van der Waals surface area (Å²) in [7, 11) is 0. The maximum Gasteiger partial charge on any atom is 0.137 e. The van der Waals surface area contributed by atoms with Crippen molar-refractivity contribution in [2.75, 3.05) is 11.1 Å². The molecule has 0 saturated carbocycles. The molecule has 0 aliphatic carbocycles. The van der Waals surface area contributed by atoms with Crippen LogP contribution in [0.1, 0.15) is 5.56 Å². The van der Waals surface area contributed by atoms with Gasteiger partial charge in [0.15, 0.2) is 0 Å². The lowest BCUT2D eigenvalue weighted by atomic mass is 10.1. The maximum atomic E-state index is 13.5. The summed E-state index contributed by atoms with van der Waals surface area (Å²) in [4.78, 5) is 4.30. The molecule has 5 heteroatoms. The summed E-state index contributed by atoms with van der Waals surface area (Å²) in [5.41, 5.74) is 9.87. The smallest absolute Gasteiger partial charge is 0.137 e. The Morgan fingerprint density at radius 2 is 2.00 bits per heavy atom. The van der Waals surface area contributed by atoms with Crippen LogP contribution in [0.5, 0.6) is 0 Å². The molecule has 0 amide bonds. The molecule has 3 nitrogen and oxygen atoms in total. The Morgan fingerprint density at radius 3 is 2.81 bits per heavy atom. The first kappa shape index (κ1) is 13.8. The third-order valence-electron chi connectivity index (χ3n) is 3.34. The van der Waals surface area contributed by atoms with Gasteiger partial charge in [-0.25, -0.2) is 4.39 Å². The van der Waals surface area contributed by atoms with Gasteiger partial charge < -0.3 is 11.1 Å². The largest absolute Gasteiger partial charge is 0.397 e. The van der Waals surface area contributed by atoms with Gasteiger partial charge in [-0.15, -0.1) is 0 Å². The van der Waals surface area contributed by atoms with Crippen LogP contribution >= 0.6 is 15.9 Å². The third kappa shape index (κ3) is 2.56. The van der Waals surface area contributed by atoms with E-state index >= 15 is 0 Å². The average molecular weight is 346 g/mol. The number of benzene rings is 2. The Bertz CT molecular complexity index is 833. The van der Waals surface area contributed by atoms with E-state index in [-0.39, 0.29) is 5.82 Å². The number of nitrogens with one attached hydrogen (secondary N) is 1. The minimum atomic E-state index is -0.276. The van der Waals surface area contributed by atoms with E-state index in [4.69, 9.17) is 5.73 Å². The standard InChI is InChI=1S/C16H13BrFN3/c1-9-7-12(18)11(17)8-15(9)21-14-5-4-13(19)16-10(14)3-2-6-20-16/h2-8,21H,19H2,1H3. The number of aryl methyl sites for hydroxylation is 1. The van der Waals surface area contributed by atoms with Crippen molar-refractivity contribution in [1.82, 2.24) is 4.98 Å². The normalized spacial score (nSPS) is 10.8. The van der Waals surface area contributed by atoms with Crippen molar-refractivity contribution in [3.8, 4) is 0 Å². The molecule has 0 fully saturated rings. The first-order chi connectivity index (χ1) is 10.1. The van der Waals surface area contributed by atoms with Gasteiger partial charge in [0.1, 0.15) is 5.82 Å². The Labute approximate surface area is 130 Å². The fourth-order valence-corrected chi connectivity index (χ4v) is 2.57. The quantitative estimate of drug-likeness (QED) is 0.657. The monoisotopic (exact) mass is 345 g/mol. The first-order valence-corrected chi connectivity index (χ1v) is 7.21. The first-order valence-electron chi connectivity index (χ1n) is 6.42. The van der Waals surface area contributed by atoms with Crippen molar-refractivity contribution in [2.24, 2.45) is 0 Å². The molecule has 0 aliphatic rings. The van der Waals surface area contributed by atoms with E-state index in [0.717, 1.165) is 27.8 Å². The van der Waals surface area contributed by atoms with Gasteiger partial charge in [-0.3, -0.25) is 4.98 Å². The summed E-state index contributed by atoms with van der Waals surface area (Å²) in [5, 5.41) is 4.25. The van der Waals surface area contributed by atoms with Crippen molar-refractivity contribution >= 4 is 43.9 Å². The molecule has 3 aromatic rings. The molecule has 0 saturated heterocycles. The second-order valence-electron chi connectivity index (χ2n) is 4.81. The Kier molecular flexibility index (Phi) is 3.51. The van der Waals surface area contributed by atoms with E-state index in [1.165, 1.54) is 6.07 Å². The number of rotatable bonds is 2. The predicted molar refractivity (Wildman–Crippen MR) is 88.3 cm³/mol. The van der Waals surface area contributed by atoms with Crippen LogP contribution in [0.2, 0.25) is 0 Å². The minimum absolute atomic E-state index is 0.276. The highest BCUT2D eigenvalue weighted by Crippen LogP contribution is 2.32. The van der Waals surface area contributed by atoms with Crippen molar-refractivity contribution in [2.45, 2.75) is 6.92 Å². The van der Waals surface area contributed by atoms with Gasteiger partial charge in [0.25, 0.3) is 0 Å². The molecular weight excluding hydrogens is 333 g/mol. The van der Waals surface area contributed by atoms with Gasteiger partial charge in [0.05, 0.1) is 15.7 Å². The summed E-state index contributed by atoms with van der Waals surface area (Å²) in [6.45, 7) is 1.86. The topological polar surface area (TPSA) is 50.9 Å². The zero-order valence-corrected chi connectivity index (χ0v) is 12.9. The van der Waals surface area contributed by atoms with Crippen LogP contribution in [0.15, 0.2) is 47.1 Å². The lowest BCUT2D eigenvalue weighted by molar-refractivity contribution is 0.620. The molecule has 0 radical (unpaired) electrons. The molecule has 3 N–H and O–H groups in total. The number of hydrogen-bond acceptors (Lipinski definition) is 3. The van der Waals surface area contributed by atoms with Gasteiger partial charge in [-0.2, -0.15) is 0 Å². The maximum absolute atomic E-state index is 13.5. The molecule has 0 spiro atoms. The zero-order chi connectivity index (χ0) is 15.0. The second-order valence-corrected chi connectivity index (χ2v) is 5.66. The number of anilines is 3. The molecule has 0 atom stereocenters. The summed E-state index contributed by atoms with van der Waals surface area (Å²) >= 11 is 3.21. The van der Waals surface area contributed by atoms with Crippen LogP contribution in [0.25, 0.3) is 10.9 Å². The average Bonchev–Trinajstić information content (AvgIpc) is 2.48. The van der Waals surface area contributed by atoms with E-state index in [0.29, 0.717) is 10.2 Å². The molecule has 1 aromatic heterocycles. The summed E-state index contributed by atoms with van der Waals surface area (Å²) in [6, 6.07) is 10.7. The number of pyridine rings is 1. The van der Waals surface area contributed by atoms with E-state index in [9.17, 15) is 4.39 Å². The van der Waals surface area contributed by atoms with Gasteiger partial charge in [0, 0.05) is 23.0 Å². The second kappa shape index (κ2) is 5.33. The van der Waals surface area contributed by atoms with Gasteiger partial charge >= 0.3 is 0 Å². The number of nitrogen functional groups attached to an aromatic ring is 1. The molecule has 0 bridgehead atoms. The highest BCUT2D eigenvalue weighted by molar-refractivity contribution is 9.10. The lowest BCUT2D eigenvalue weighted by Gasteiger charge is -2.13. The van der Waals surface area contributed by atoms with Crippen molar-refractivity contribution in [3.63, 3.8) is 0 Å². The Balaban J connectivity index is 2.11. The molecule has 0 unspecified atom stereocenters. The molecule has 106 valence electrons. The van der Waals surface area contributed by atoms with Gasteiger partial charge in [0.2, 0.25) is 0 Å². The van der Waals surface area contributed by atoms with Crippen LogP contribution in [-0.4, -0.2) is 4.98 Å². The van der Waals surface area contributed by atoms with Crippen LogP contribution in [0.3, 0.4) is 0 Å². The molecule has 3 rings (SSSR count). The van der Waals surface area contributed by atoms with E-state index in [2.05, 4.69) is 26.2 Å². The van der Waals surface area contributed by atoms with Crippen LogP contribution in [-0.2, 0) is 0 Å². The van der Waals surface area contributed by atoms with Crippen LogP contribution in [0, 0.1) is 12.7 Å². The number of nitrogens with zero attached hydrogens (tertiary/aromatic N) is 1. The zero-order valence-electron chi connectivity index (χ0n) is 11.3. The third-order valence-corrected chi connectivity index (χ3v) is 3.95.